The first-order chi connectivity index (χ1) is 17.7. The number of aliphatic hydroxyl groups excluding tert-OH is 6. The molecule has 22 nitrogen and oxygen atoms in total. The predicted octanol–water partition coefficient (Wildman–Crippen LogP) is -5.26. The molecular formula is C14H27N2O20P3. The number of hydrogen-bond acceptors (Lipinski definition) is 15. The zero-order chi connectivity index (χ0) is 30.8. The van der Waals surface area contributed by atoms with Crippen LogP contribution in [0.3, 0.4) is 0 Å². The molecule has 0 radical (unpaired) electrons. The monoisotopic (exact) mass is 636 g/mol. The van der Waals surface area contributed by atoms with Gasteiger partial charge in [0.1, 0.15) is 30.7 Å². The average molecular weight is 636 g/mol. The number of aromatic nitrogens is 2. The largest absolute Gasteiger partial charge is 0.490 e. The van der Waals surface area contributed by atoms with E-state index in [4.69, 9.17) is 49.6 Å². The Bertz CT molecular complexity index is 1130. The van der Waals surface area contributed by atoms with Gasteiger partial charge in [0.2, 0.25) is 0 Å². The molecule has 0 amide bonds. The zero-order valence-electron chi connectivity index (χ0n) is 19.2. The molecule has 39 heavy (non-hydrogen) atoms. The molecule has 0 aromatic carbocycles. The number of H-pyrrole nitrogens is 1. The van der Waals surface area contributed by atoms with Crippen molar-refractivity contribution in [2.24, 2.45) is 0 Å². The summed E-state index contributed by atoms with van der Waals surface area (Å²) in [7, 11) is -16.2. The molecule has 0 saturated carbocycles. The molecule has 0 aliphatic carbocycles. The van der Waals surface area contributed by atoms with E-state index >= 15 is 0 Å². The van der Waals surface area contributed by atoms with Crippen molar-refractivity contribution in [1.29, 1.82) is 0 Å². The van der Waals surface area contributed by atoms with E-state index in [-0.39, 0.29) is 6.42 Å². The normalized spacial score (nSPS) is 23.1. The Kier molecular flexibility index (Phi) is 15.4. The van der Waals surface area contributed by atoms with Crippen molar-refractivity contribution in [3.8, 4) is 0 Å². The highest BCUT2D eigenvalue weighted by atomic mass is 31.3. The Labute approximate surface area is 216 Å². The number of aromatic amines is 1. The lowest BCUT2D eigenvalue weighted by Gasteiger charge is -2.16. The lowest BCUT2D eigenvalue weighted by molar-refractivity contribution is -0.111. The van der Waals surface area contributed by atoms with Crippen molar-refractivity contribution >= 4 is 29.8 Å². The van der Waals surface area contributed by atoms with Crippen LogP contribution >= 0.6 is 23.5 Å². The second-order valence-corrected chi connectivity index (χ2v) is 11.3. The zero-order valence-corrected chi connectivity index (χ0v) is 21.9. The lowest BCUT2D eigenvalue weighted by atomic mass is 10.1. The SMILES string of the molecule is O=CCC(O)C(O)CO.O=P(O)(O)OP(=O)(O)OP(=O)(O)O.O=c1ccn([C@@H]2O[C@H](CO)[C@@H](O)[C@H]2O)c(=O)[nH]1. The second-order valence-electron chi connectivity index (χ2n) is 7.08. The summed E-state index contributed by atoms with van der Waals surface area (Å²) >= 11 is 0. The Morgan fingerprint density at radius 1 is 0.974 bits per heavy atom. The Morgan fingerprint density at radius 3 is 1.85 bits per heavy atom. The number of ether oxygens (including phenoxy) is 1. The highest BCUT2D eigenvalue weighted by Gasteiger charge is 2.43. The van der Waals surface area contributed by atoms with Crippen molar-refractivity contribution in [2.45, 2.75) is 43.2 Å². The van der Waals surface area contributed by atoms with Gasteiger partial charge in [0.15, 0.2) is 6.23 Å². The van der Waals surface area contributed by atoms with E-state index < -0.39 is 84.7 Å². The molecule has 1 aliphatic heterocycles. The fourth-order valence-electron chi connectivity index (χ4n) is 2.40. The highest BCUT2D eigenvalue weighted by molar-refractivity contribution is 7.66. The number of nitrogens with one attached hydrogen (secondary N) is 1. The molecule has 2 rings (SSSR count). The number of hydrogen-bond donors (Lipinski definition) is 12. The van der Waals surface area contributed by atoms with E-state index in [1.165, 1.54) is 0 Å². The topological polar surface area (TPSA) is 373 Å². The highest BCUT2D eigenvalue weighted by Crippen LogP contribution is 2.64. The van der Waals surface area contributed by atoms with Gasteiger partial charge in [-0.25, -0.2) is 18.5 Å². The summed E-state index contributed by atoms with van der Waals surface area (Å²) in [5.41, 5.74) is -1.33. The van der Waals surface area contributed by atoms with Gasteiger partial charge >= 0.3 is 29.2 Å². The predicted molar refractivity (Wildman–Crippen MR) is 120 cm³/mol. The molecule has 12 N–H and O–H groups in total. The van der Waals surface area contributed by atoms with E-state index in [0.717, 1.165) is 16.8 Å². The quantitative estimate of drug-likeness (QED) is 0.0842. The second kappa shape index (κ2) is 16.1. The number of phosphoric acid groups is 3. The third kappa shape index (κ3) is 14.6. The molecule has 1 aromatic heterocycles. The van der Waals surface area contributed by atoms with Crippen molar-refractivity contribution in [3.05, 3.63) is 33.1 Å². The number of rotatable bonds is 10. The number of carbonyl (C=O) groups is 1. The molecule has 2 unspecified atom stereocenters. The van der Waals surface area contributed by atoms with Gasteiger partial charge in [0.25, 0.3) is 5.56 Å². The molecule has 1 fully saturated rings. The summed E-state index contributed by atoms with van der Waals surface area (Å²) in [6.07, 6.45) is -5.56. The third-order valence-corrected chi connectivity index (χ3v) is 7.38. The Morgan fingerprint density at radius 2 is 1.49 bits per heavy atom. The number of carbonyl (C=O) groups excluding carboxylic acids is 1. The number of aldehydes is 1. The van der Waals surface area contributed by atoms with Gasteiger partial charge in [-0.3, -0.25) is 14.3 Å². The van der Waals surface area contributed by atoms with E-state index in [2.05, 4.69) is 8.62 Å². The summed E-state index contributed by atoms with van der Waals surface area (Å²) < 4.78 is 42.5. The van der Waals surface area contributed by atoms with Crippen LogP contribution in [-0.2, 0) is 31.8 Å². The van der Waals surface area contributed by atoms with E-state index in [0.29, 0.717) is 6.29 Å². The molecule has 6 atom stereocenters. The molecule has 0 spiro atoms. The minimum atomic E-state index is -5.46. The average Bonchev–Trinajstić information content (AvgIpc) is 3.04. The van der Waals surface area contributed by atoms with Gasteiger partial charge in [-0.1, -0.05) is 0 Å². The maximum Gasteiger partial charge on any atom is 0.490 e. The van der Waals surface area contributed by atoms with Crippen LogP contribution in [-0.4, -0.2) is 115 Å². The first kappa shape index (κ1) is 37.5. The number of nitrogens with zero attached hydrogens (tertiary/aromatic N) is 1. The minimum absolute atomic E-state index is 0.137. The fraction of sp³-hybridized carbons (Fsp3) is 0.643. The van der Waals surface area contributed by atoms with Crippen LogP contribution in [0.1, 0.15) is 12.6 Å². The standard InChI is InChI=1S/C9H12N2O6.C5H10O4.H5O10P3/c12-3-4-6(14)7(15)8(17-4)11-2-1-5(13)10-9(11)16;6-2-1-4(8)5(9)3-7;1-11(2,3)9-13(7,8)10-12(4,5)6/h1-2,4,6-8,12,14-15H,3H2,(H,10,13,16);2,4-5,7-9H,1,3H2;(H,7,8)(H2,1,2,3)(H2,4,5,6)/t4-,6-,7-,8-;;/m1../s1. The van der Waals surface area contributed by atoms with Crippen LogP contribution in [0.4, 0.5) is 0 Å². The summed E-state index contributed by atoms with van der Waals surface area (Å²) in [5, 5.41) is 53.6. The Hall–Kier alpha value is -1.52. The molecule has 1 aromatic rings. The summed E-state index contributed by atoms with van der Waals surface area (Å²) in [4.78, 5) is 74.2. The minimum Gasteiger partial charge on any atom is -0.394 e. The van der Waals surface area contributed by atoms with Crippen molar-refractivity contribution < 1.29 is 87.0 Å². The summed E-state index contributed by atoms with van der Waals surface area (Å²) in [5.74, 6) is 0. The van der Waals surface area contributed by atoms with Crippen molar-refractivity contribution in [3.63, 3.8) is 0 Å². The molecule has 2 heterocycles. The van der Waals surface area contributed by atoms with Crippen molar-refractivity contribution in [1.82, 2.24) is 9.55 Å². The van der Waals surface area contributed by atoms with Gasteiger partial charge in [-0.15, -0.1) is 0 Å². The van der Waals surface area contributed by atoms with Crippen LogP contribution in [0.15, 0.2) is 21.9 Å². The van der Waals surface area contributed by atoms with Crippen LogP contribution in [0.25, 0.3) is 0 Å². The van der Waals surface area contributed by atoms with E-state index in [1.54, 1.807) is 0 Å². The first-order valence-corrected chi connectivity index (χ1v) is 14.4. The van der Waals surface area contributed by atoms with Gasteiger partial charge in [0.05, 0.1) is 19.3 Å². The van der Waals surface area contributed by atoms with Gasteiger partial charge in [-0.05, 0) is 0 Å². The molecule has 228 valence electrons. The molecule has 1 aliphatic rings. The molecule has 1 saturated heterocycles. The van der Waals surface area contributed by atoms with Crippen LogP contribution in [0.5, 0.6) is 0 Å². The molecule has 0 bridgehead atoms. The summed E-state index contributed by atoms with van der Waals surface area (Å²) in [6.45, 7) is -0.998. The maximum absolute atomic E-state index is 11.4. The van der Waals surface area contributed by atoms with Gasteiger partial charge in [-0.2, -0.15) is 8.62 Å². The number of aliphatic hydroxyl groups is 6. The van der Waals surface area contributed by atoms with E-state index in [9.17, 15) is 38.3 Å². The van der Waals surface area contributed by atoms with Crippen LogP contribution in [0.2, 0.25) is 0 Å². The van der Waals surface area contributed by atoms with Gasteiger partial charge in [0, 0.05) is 18.7 Å². The van der Waals surface area contributed by atoms with Gasteiger partial charge < -0.3 is 64.6 Å². The third-order valence-electron chi connectivity index (χ3n) is 4.03. The molecule has 25 heteroatoms. The van der Waals surface area contributed by atoms with Crippen LogP contribution < -0.4 is 11.2 Å². The Balaban J connectivity index is 0.000000588. The lowest BCUT2D eigenvalue weighted by Crippen LogP contribution is -2.37. The van der Waals surface area contributed by atoms with Crippen LogP contribution in [0, 0.1) is 0 Å². The molecular weight excluding hydrogens is 609 g/mol. The maximum atomic E-state index is 11.4. The smallest absolute Gasteiger partial charge is 0.394 e. The van der Waals surface area contributed by atoms with Crippen molar-refractivity contribution in [2.75, 3.05) is 13.2 Å². The summed E-state index contributed by atoms with van der Waals surface area (Å²) in [6, 6.07) is 1.09. The van der Waals surface area contributed by atoms with E-state index in [1.807, 2.05) is 4.98 Å². The first-order valence-electron chi connectivity index (χ1n) is 9.89. The fourth-order valence-corrected chi connectivity index (χ4v) is 4.94.